The molecule has 0 fully saturated rings. The van der Waals surface area contributed by atoms with E-state index in [2.05, 4.69) is 0 Å². The van der Waals surface area contributed by atoms with E-state index in [-0.39, 0.29) is 29.0 Å². The van der Waals surface area contributed by atoms with Gasteiger partial charge in [0.2, 0.25) is 5.91 Å². The molecule has 2 aromatic rings. The van der Waals surface area contributed by atoms with Gasteiger partial charge in [0.05, 0.1) is 17.3 Å². The van der Waals surface area contributed by atoms with Gasteiger partial charge < -0.3 is 10.0 Å². The van der Waals surface area contributed by atoms with Crippen molar-refractivity contribution in [3.8, 4) is 5.75 Å². The van der Waals surface area contributed by atoms with E-state index < -0.39 is 0 Å². The van der Waals surface area contributed by atoms with E-state index in [4.69, 9.17) is 11.6 Å². The van der Waals surface area contributed by atoms with Crippen molar-refractivity contribution >= 4 is 23.2 Å². The Kier molecular flexibility index (Phi) is 4.03. The highest BCUT2D eigenvalue weighted by Gasteiger charge is 2.24. The molecule has 1 heterocycles. The number of phenols is 1. The third kappa shape index (κ3) is 2.92. The Hall–Kier alpha value is -2.07. The summed E-state index contributed by atoms with van der Waals surface area (Å²) in [7, 11) is 0. The number of anilines is 1. The molecule has 1 N–H and O–H groups in total. The fraction of sp³-hybridized carbons (Fsp3) is 0.235. The number of amides is 1. The Morgan fingerprint density at radius 1 is 1.23 bits per heavy atom. The van der Waals surface area contributed by atoms with Gasteiger partial charge in [-0.2, -0.15) is 0 Å². The minimum absolute atomic E-state index is 0.0373. The molecule has 2 aromatic carbocycles. The van der Waals surface area contributed by atoms with Gasteiger partial charge in [-0.1, -0.05) is 23.7 Å². The lowest BCUT2D eigenvalue weighted by atomic mass is 10.1. The van der Waals surface area contributed by atoms with Crippen molar-refractivity contribution in [1.82, 2.24) is 0 Å². The van der Waals surface area contributed by atoms with Crippen LogP contribution in [0.4, 0.5) is 10.1 Å². The topological polar surface area (TPSA) is 40.5 Å². The molecule has 1 amide bonds. The van der Waals surface area contributed by atoms with Crippen molar-refractivity contribution in [2.24, 2.45) is 0 Å². The number of rotatable bonds is 2. The molecule has 1 aliphatic heterocycles. The van der Waals surface area contributed by atoms with Gasteiger partial charge in [-0.05, 0) is 42.2 Å². The van der Waals surface area contributed by atoms with Crippen LogP contribution in [0.3, 0.4) is 0 Å². The molecule has 0 radical (unpaired) electrons. The average molecular weight is 320 g/mol. The van der Waals surface area contributed by atoms with Crippen molar-refractivity contribution in [2.45, 2.75) is 25.8 Å². The van der Waals surface area contributed by atoms with Crippen LogP contribution in [-0.4, -0.2) is 11.0 Å². The molecule has 0 saturated heterocycles. The average Bonchev–Trinajstić information content (AvgIpc) is 2.61. The van der Waals surface area contributed by atoms with E-state index in [0.29, 0.717) is 17.7 Å². The summed E-state index contributed by atoms with van der Waals surface area (Å²) < 4.78 is 13.4. The Labute approximate surface area is 132 Å². The summed E-state index contributed by atoms with van der Waals surface area (Å²) in [6.45, 7) is 0.269. The highest BCUT2D eigenvalue weighted by atomic mass is 35.5. The van der Waals surface area contributed by atoms with Crippen LogP contribution >= 0.6 is 11.6 Å². The lowest BCUT2D eigenvalue weighted by molar-refractivity contribution is -0.118. The Morgan fingerprint density at radius 3 is 2.82 bits per heavy atom. The fourth-order valence-corrected chi connectivity index (χ4v) is 2.92. The molecule has 114 valence electrons. The van der Waals surface area contributed by atoms with Gasteiger partial charge in [-0.25, -0.2) is 4.39 Å². The molecule has 0 bridgehead atoms. The number of phenolic OH excluding ortho intramolecular Hbond substituents is 1. The molecule has 1 aliphatic rings. The second-order valence-electron chi connectivity index (χ2n) is 5.40. The van der Waals surface area contributed by atoms with Crippen LogP contribution in [0.5, 0.6) is 5.75 Å². The van der Waals surface area contributed by atoms with Crippen LogP contribution in [0.25, 0.3) is 0 Å². The van der Waals surface area contributed by atoms with Crippen LogP contribution in [0, 0.1) is 5.82 Å². The highest BCUT2D eigenvalue weighted by Crippen LogP contribution is 2.36. The summed E-state index contributed by atoms with van der Waals surface area (Å²) in [5, 5.41) is 10.1. The van der Waals surface area contributed by atoms with Crippen LogP contribution in [0.15, 0.2) is 36.4 Å². The molecule has 5 heteroatoms. The molecule has 0 spiro atoms. The maximum absolute atomic E-state index is 13.4. The number of nitrogens with zero attached hydrogens (tertiary/aromatic N) is 1. The zero-order chi connectivity index (χ0) is 15.7. The van der Waals surface area contributed by atoms with Crippen LogP contribution in [0.2, 0.25) is 5.02 Å². The number of fused-ring (bicyclic) bond motifs is 1. The highest BCUT2D eigenvalue weighted by molar-refractivity contribution is 6.32. The summed E-state index contributed by atoms with van der Waals surface area (Å²) in [5.74, 6) is -0.428. The zero-order valence-electron chi connectivity index (χ0n) is 11.9. The zero-order valence-corrected chi connectivity index (χ0v) is 12.6. The summed E-state index contributed by atoms with van der Waals surface area (Å²) in [6.07, 6.45) is 1.87. The lowest BCUT2D eigenvalue weighted by Crippen LogP contribution is -2.29. The first-order chi connectivity index (χ1) is 10.5. The molecule has 3 nitrogen and oxygen atoms in total. The Balaban J connectivity index is 2.02. The Bertz CT molecular complexity index is 733. The predicted molar refractivity (Wildman–Crippen MR) is 83.6 cm³/mol. The number of aromatic hydroxyl groups is 1. The minimum atomic E-state index is -0.334. The molecular weight excluding hydrogens is 305 g/mol. The summed E-state index contributed by atoms with van der Waals surface area (Å²) in [6, 6.07) is 9.38. The molecule has 0 saturated carbocycles. The lowest BCUT2D eigenvalue weighted by Gasteiger charge is -2.23. The molecule has 0 aromatic heterocycles. The number of carbonyl (C=O) groups excluding carboxylic acids is 1. The van der Waals surface area contributed by atoms with Gasteiger partial charge in [0.1, 0.15) is 11.6 Å². The van der Waals surface area contributed by atoms with Crippen LogP contribution in [0.1, 0.15) is 24.0 Å². The van der Waals surface area contributed by atoms with Gasteiger partial charge in [0, 0.05) is 12.5 Å². The van der Waals surface area contributed by atoms with Crippen molar-refractivity contribution in [3.63, 3.8) is 0 Å². The quantitative estimate of drug-likeness (QED) is 0.907. The predicted octanol–water partition coefficient (Wildman–Crippen LogP) is 4.05. The smallest absolute Gasteiger partial charge is 0.227 e. The first-order valence-electron chi connectivity index (χ1n) is 7.11. The summed E-state index contributed by atoms with van der Waals surface area (Å²) in [4.78, 5) is 14.0. The van der Waals surface area contributed by atoms with E-state index in [0.717, 1.165) is 18.4 Å². The van der Waals surface area contributed by atoms with Crippen LogP contribution in [-0.2, 0) is 17.8 Å². The van der Waals surface area contributed by atoms with Crippen molar-refractivity contribution in [3.05, 3.63) is 58.4 Å². The number of aryl methyl sites for hydroxylation is 1. The van der Waals surface area contributed by atoms with E-state index in [1.165, 1.54) is 18.2 Å². The number of hydrogen-bond donors (Lipinski definition) is 1. The van der Waals surface area contributed by atoms with E-state index in [9.17, 15) is 14.3 Å². The first-order valence-corrected chi connectivity index (χ1v) is 7.48. The molecule has 3 rings (SSSR count). The molecule has 22 heavy (non-hydrogen) atoms. The van der Waals surface area contributed by atoms with Crippen molar-refractivity contribution < 1.29 is 14.3 Å². The van der Waals surface area contributed by atoms with Gasteiger partial charge in [-0.3, -0.25) is 4.79 Å². The largest absolute Gasteiger partial charge is 0.506 e. The van der Waals surface area contributed by atoms with E-state index in [1.807, 2.05) is 0 Å². The van der Waals surface area contributed by atoms with Gasteiger partial charge in [-0.15, -0.1) is 0 Å². The number of benzene rings is 2. The van der Waals surface area contributed by atoms with Gasteiger partial charge in [0.25, 0.3) is 0 Å². The maximum atomic E-state index is 13.4. The normalized spacial score (nSPS) is 14.6. The molecule has 0 unspecified atom stereocenters. The summed E-state index contributed by atoms with van der Waals surface area (Å²) in [5.41, 5.74) is 2.27. The third-order valence-electron chi connectivity index (χ3n) is 3.81. The molecule has 0 atom stereocenters. The minimum Gasteiger partial charge on any atom is -0.506 e. The number of carbonyl (C=O) groups is 1. The van der Waals surface area contributed by atoms with Gasteiger partial charge in [0.15, 0.2) is 0 Å². The number of hydrogen-bond acceptors (Lipinski definition) is 2. The Morgan fingerprint density at radius 2 is 2.05 bits per heavy atom. The fourth-order valence-electron chi connectivity index (χ4n) is 2.73. The second-order valence-corrected chi connectivity index (χ2v) is 5.80. The summed E-state index contributed by atoms with van der Waals surface area (Å²) >= 11 is 5.96. The monoisotopic (exact) mass is 319 g/mol. The standard InChI is InChI=1S/C17H15ClFNO2/c18-14-8-12-4-2-6-17(22)20(15(12)9-16(14)21)10-11-3-1-5-13(19)7-11/h1,3,5,7-9,21H,2,4,6,10H2. The SMILES string of the molecule is O=C1CCCc2cc(Cl)c(O)cc2N1Cc1cccc(F)c1. The number of halogens is 2. The molecule has 0 aliphatic carbocycles. The van der Waals surface area contributed by atoms with Crippen LogP contribution < -0.4 is 4.90 Å². The van der Waals surface area contributed by atoms with E-state index in [1.54, 1.807) is 23.1 Å². The maximum Gasteiger partial charge on any atom is 0.227 e. The molecular formula is C17H15ClFNO2. The van der Waals surface area contributed by atoms with Crippen molar-refractivity contribution in [2.75, 3.05) is 4.90 Å². The second kappa shape index (κ2) is 5.97. The van der Waals surface area contributed by atoms with E-state index >= 15 is 0 Å². The third-order valence-corrected chi connectivity index (χ3v) is 4.11. The van der Waals surface area contributed by atoms with Gasteiger partial charge >= 0.3 is 0 Å². The van der Waals surface area contributed by atoms with Crippen molar-refractivity contribution in [1.29, 1.82) is 0 Å². The first kappa shape index (κ1) is 14.9.